The Labute approximate surface area is 111 Å². The van der Waals surface area contributed by atoms with Gasteiger partial charge in [0.2, 0.25) is 5.89 Å². The van der Waals surface area contributed by atoms with Crippen LogP contribution in [0.1, 0.15) is 48.0 Å². The molecule has 2 aromatic heterocycles. The first-order valence-electron chi connectivity index (χ1n) is 6.45. The summed E-state index contributed by atoms with van der Waals surface area (Å²) in [5.41, 5.74) is 1.95. The zero-order valence-corrected chi connectivity index (χ0v) is 11.4. The third-order valence-corrected chi connectivity index (χ3v) is 3.55. The summed E-state index contributed by atoms with van der Waals surface area (Å²) in [4.78, 5) is 16.3. The average molecular weight is 259 g/mol. The Kier molecular flexibility index (Phi) is 2.59. The van der Waals surface area contributed by atoms with Gasteiger partial charge in [-0.1, -0.05) is 19.0 Å². The highest BCUT2D eigenvalue weighted by Gasteiger charge is 2.33. The van der Waals surface area contributed by atoms with Crippen molar-refractivity contribution in [3.05, 3.63) is 35.2 Å². The monoisotopic (exact) mass is 259 g/mol. The molecule has 19 heavy (non-hydrogen) atoms. The van der Waals surface area contributed by atoms with Crippen molar-refractivity contribution in [2.45, 2.75) is 40.2 Å². The molecule has 5 heteroatoms. The Balaban J connectivity index is 1.95. The van der Waals surface area contributed by atoms with Gasteiger partial charge < -0.3 is 9.09 Å². The van der Waals surface area contributed by atoms with Gasteiger partial charge >= 0.3 is 0 Å². The lowest BCUT2D eigenvalue weighted by Crippen LogP contribution is -2.28. The van der Waals surface area contributed by atoms with Crippen LogP contribution in [0.5, 0.6) is 0 Å². The van der Waals surface area contributed by atoms with Crippen molar-refractivity contribution in [3.63, 3.8) is 0 Å². The van der Waals surface area contributed by atoms with E-state index in [0.29, 0.717) is 24.7 Å². The smallest absolute Gasteiger partial charge is 0.223 e. The number of hydrogen-bond acceptors (Lipinski definition) is 4. The lowest BCUT2D eigenvalue weighted by Gasteiger charge is -2.29. The van der Waals surface area contributed by atoms with Gasteiger partial charge in [0.25, 0.3) is 0 Å². The fraction of sp³-hybridized carbons (Fsp3) is 0.500. The average Bonchev–Trinajstić information content (AvgIpc) is 2.86. The number of nitrogens with zero attached hydrogens (tertiary/aromatic N) is 3. The highest BCUT2D eigenvalue weighted by molar-refractivity contribution is 5.98. The van der Waals surface area contributed by atoms with Crippen LogP contribution in [0.3, 0.4) is 0 Å². The number of hydrogen-bond donors (Lipinski definition) is 0. The fourth-order valence-electron chi connectivity index (χ4n) is 2.71. The third-order valence-electron chi connectivity index (χ3n) is 3.55. The molecule has 0 unspecified atom stereocenters. The molecule has 1 aliphatic rings. The van der Waals surface area contributed by atoms with Crippen LogP contribution in [-0.4, -0.2) is 20.5 Å². The topological polar surface area (TPSA) is 60.9 Å². The van der Waals surface area contributed by atoms with Crippen LogP contribution in [0.4, 0.5) is 0 Å². The molecule has 0 radical (unpaired) electrons. The van der Waals surface area contributed by atoms with Crippen molar-refractivity contribution >= 4 is 5.78 Å². The summed E-state index contributed by atoms with van der Waals surface area (Å²) in [7, 11) is 0. The van der Waals surface area contributed by atoms with Crippen LogP contribution in [0, 0.1) is 12.3 Å². The standard InChI is InChI=1S/C14H17N3O2/c1-9-15-13(16-19-9)8-17-5-4-10-11(17)6-14(2,3)7-12(10)18/h4-5H,6-8H2,1-3H3. The predicted octanol–water partition coefficient (Wildman–Crippen LogP) is 2.38. The molecular weight excluding hydrogens is 242 g/mol. The Hall–Kier alpha value is -1.91. The van der Waals surface area contributed by atoms with E-state index < -0.39 is 0 Å². The molecular formula is C14H17N3O2. The van der Waals surface area contributed by atoms with Gasteiger partial charge in [-0.15, -0.1) is 0 Å². The highest BCUT2D eigenvalue weighted by atomic mass is 16.5. The minimum atomic E-state index is 0.0212. The number of aromatic nitrogens is 3. The first-order chi connectivity index (χ1) is 8.94. The predicted molar refractivity (Wildman–Crippen MR) is 69.0 cm³/mol. The highest BCUT2D eigenvalue weighted by Crippen LogP contribution is 2.35. The number of carbonyl (C=O) groups is 1. The van der Waals surface area contributed by atoms with E-state index in [-0.39, 0.29) is 11.2 Å². The zero-order chi connectivity index (χ0) is 13.6. The summed E-state index contributed by atoms with van der Waals surface area (Å²) in [6.45, 7) is 6.58. The van der Waals surface area contributed by atoms with Gasteiger partial charge in [0.15, 0.2) is 11.6 Å². The van der Waals surface area contributed by atoms with E-state index in [1.54, 1.807) is 6.92 Å². The number of ketones is 1. The van der Waals surface area contributed by atoms with Gasteiger partial charge in [-0.25, -0.2) is 0 Å². The van der Waals surface area contributed by atoms with Gasteiger partial charge in [-0.3, -0.25) is 4.79 Å². The minimum Gasteiger partial charge on any atom is -0.343 e. The molecule has 0 spiro atoms. The van der Waals surface area contributed by atoms with Gasteiger partial charge in [-0.05, 0) is 17.9 Å². The van der Waals surface area contributed by atoms with E-state index in [1.807, 2.05) is 12.3 Å². The Bertz CT molecular complexity index is 637. The van der Waals surface area contributed by atoms with E-state index in [2.05, 4.69) is 28.6 Å². The molecule has 0 atom stereocenters. The maximum absolute atomic E-state index is 12.1. The quantitative estimate of drug-likeness (QED) is 0.830. The maximum Gasteiger partial charge on any atom is 0.223 e. The number of carbonyl (C=O) groups excluding carboxylic acids is 1. The van der Waals surface area contributed by atoms with Crippen molar-refractivity contribution < 1.29 is 9.32 Å². The second-order valence-corrected chi connectivity index (χ2v) is 5.97. The molecule has 0 aliphatic heterocycles. The lowest BCUT2D eigenvalue weighted by molar-refractivity contribution is 0.0910. The molecule has 1 aliphatic carbocycles. The van der Waals surface area contributed by atoms with Gasteiger partial charge in [0.05, 0.1) is 6.54 Å². The van der Waals surface area contributed by atoms with E-state index in [0.717, 1.165) is 17.7 Å². The molecule has 3 rings (SSSR count). The molecule has 100 valence electrons. The molecule has 0 aromatic carbocycles. The molecule has 0 fully saturated rings. The first-order valence-corrected chi connectivity index (χ1v) is 6.45. The second kappa shape index (κ2) is 4.05. The zero-order valence-electron chi connectivity index (χ0n) is 11.4. The molecule has 2 heterocycles. The van der Waals surface area contributed by atoms with Gasteiger partial charge in [0, 0.05) is 30.8 Å². The Morgan fingerprint density at radius 2 is 2.21 bits per heavy atom. The lowest BCUT2D eigenvalue weighted by atomic mass is 9.76. The summed E-state index contributed by atoms with van der Waals surface area (Å²) in [6, 6.07) is 1.90. The summed E-state index contributed by atoms with van der Waals surface area (Å²) in [6.07, 6.45) is 3.46. The van der Waals surface area contributed by atoms with E-state index in [4.69, 9.17) is 4.52 Å². The van der Waals surface area contributed by atoms with Crippen LogP contribution in [0.2, 0.25) is 0 Å². The normalized spacial score (nSPS) is 17.5. The van der Waals surface area contributed by atoms with Crippen molar-refractivity contribution in [1.29, 1.82) is 0 Å². The van der Waals surface area contributed by atoms with Crippen LogP contribution in [0.25, 0.3) is 0 Å². The first kappa shape index (κ1) is 12.1. The molecule has 0 saturated heterocycles. The van der Waals surface area contributed by atoms with E-state index in [1.165, 1.54) is 0 Å². The maximum atomic E-state index is 12.1. The third kappa shape index (κ3) is 2.20. The van der Waals surface area contributed by atoms with Crippen LogP contribution < -0.4 is 0 Å². The minimum absolute atomic E-state index is 0.0212. The Morgan fingerprint density at radius 1 is 1.42 bits per heavy atom. The van der Waals surface area contributed by atoms with Crippen molar-refractivity contribution in [2.24, 2.45) is 5.41 Å². The summed E-state index contributed by atoms with van der Waals surface area (Å²) < 4.78 is 7.03. The number of rotatable bonds is 2. The fourth-order valence-corrected chi connectivity index (χ4v) is 2.71. The number of aryl methyl sites for hydroxylation is 1. The number of fused-ring (bicyclic) bond motifs is 1. The summed E-state index contributed by atoms with van der Waals surface area (Å²) in [5.74, 6) is 1.44. The van der Waals surface area contributed by atoms with E-state index in [9.17, 15) is 4.79 Å². The second-order valence-electron chi connectivity index (χ2n) is 5.97. The molecule has 0 amide bonds. The van der Waals surface area contributed by atoms with Crippen LogP contribution in [-0.2, 0) is 13.0 Å². The van der Waals surface area contributed by atoms with Crippen LogP contribution in [0.15, 0.2) is 16.8 Å². The molecule has 0 bridgehead atoms. The van der Waals surface area contributed by atoms with Crippen molar-refractivity contribution in [2.75, 3.05) is 0 Å². The van der Waals surface area contributed by atoms with Crippen molar-refractivity contribution in [1.82, 2.24) is 14.7 Å². The van der Waals surface area contributed by atoms with Crippen LogP contribution >= 0.6 is 0 Å². The molecule has 0 saturated carbocycles. The summed E-state index contributed by atoms with van der Waals surface area (Å²) >= 11 is 0. The molecule has 0 N–H and O–H groups in total. The summed E-state index contributed by atoms with van der Waals surface area (Å²) in [5, 5.41) is 3.90. The molecule has 2 aromatic rings. The number of Topliss-reactive ketones (excluding diaryl/α,β-unsaturated/α-hetero) is 1. The SMILES string of the molecule is Cc1nc(Cn2ccc3c2CC(C)(C)CC3=O)no1. The van der Waals surface area contributed by atoms with Gasteiger partial charge in [-0.2, -0.15) is 4.98 Å². The Morgan fingerprint density at radius 3 is 2.89 bits per heavy atom. The van der Waals surface area contributed by atoms with Crippen molar-refractivity contribution in [3.8, 4) is 0 Å². The van der Waals surface area contributed by atoms with E-state index >= 15 is 0 Å². The molecule has 5 nitrogen and oxygen atoms in total. The van der Waals surface area contributed by atoms with Gasteiger partial charge in [0.1, 0.15) is 0 Å². The largest absolute Gasteiger partial charge is 0.343 e.